The Kier molecular flexibility index (Phi) is 4.23. The van der Waals surface area contributed by atoms with Gasteiger partial charge in [-0.05, 0) is 30.2 Å². The summed E-state index contributed by atoms with van der Waals surface area (Å²) in [7, 11) is 1.70. The second-order valence-corrected chi connectivity index (χ2v) is 7.26. The van der Waals surface area contributed by atoms with Gasteiger partial charge in [0.15, 0.2) is 5.65 Å². The van der Waals surface area contributed by atoms with E-state index in [-0.39, 0.29) is 29.9 Å². The highest BCUT2D eigenvalue weighted by Gasteiger charge is 2.23. The van der Waals surface area contributed by atoms with Gasteiger partial charge in [0.2, 0.25) is 5.91 Å². The molecule has 1 amide bonds. The van der Waals surface area contributed by atoms with Gasteiger partial charge in [-0.3, -0.25) is 18.8 Å². The van der Waals surface area contributed by atoms with Crippen molar-refractivity contribution in [2.45, 2.75) is 23.9 Å². The third kappa shape index (κ3) is 2.98. The zero-order valence-electron chi connectivity index (χ0n) is 14.0. The first kappa shape index (κ1) is 16.8. The second-order valence-electron chi connectivity index (χ2n) is 6.12. The molecule has 0 spiro atoms. The van der Waals surface area contributed by atoms with Crippen LogP contribution in [-0.2, 0) is 18.4 Å². The summed E-state index contributed by atoms with van der Waals surface area (Å²) in [5, 5.41) is 7.28. The molecular formula is C17H16FN5O2S. The van der Waals surface area contributed by atoms with Crippen LogP contribution in [0.4, 0.5) is 4.39 Å². The number of nitrogens with zero attached hydrogens (tertiary/aromatic N) is 4. The van der Waals surface area contributed by atoms with E-state index in [0.717, 1.165) is 16.2 Å². The summed E-state index contributed by atoms with van der Waals surface area (Å²) in [4.78, 5) is 30.0. The van der Waals surface area contributed by atoms with Crippen LogP contribution in [0.25, 0.3) is 11.0 Å². The predicted octanol–water partition coefficient (Wildman–Crippen LogP) is 1.62. The number of carbonyl (C=O) groups excluding carboxylic acids is 1. The lowest BCUT2D eigenvalue weighted by atomic mass is 10.0. The van der Waals surface area contributed by atoms with Crippen molar-refractivity contribution in [1.82, 2.24) is 24.6 Å². The van der Waals surface area contributed by atoms with E-state index < -0.39 is 0 Å². The van der Waals surface area contributed by atoms with Gasteiger partial charge >= 0.3 is 0 Å². The van der Waals surface area contributed by atoms with Crippen LogP contribution < -0.4 is 10.9 Å². The maximum absolute atomic E-state index is 13.6. The lowest BCUT2D eigenvalue weighted by Crippen LogP contribution is -2.36. The fourth-order valence-corrected chi connectivity index (χ4v) is 4.19. The second kappa shape index (κ2) is 6.56. The van der Waals surface area contributed by atoms with Crippen molar-refractivity contribution >= 4 is 28.7 Å². The van der Waals surface area contributed by atoms with Crippen LogP contribution in [0, 0.1) is 5.82 Å². The first-order valence-corrected chi connectivity index (χ1v) is 9.10. The SMILES string of the molecule is Cn1ncc2c(=O)n(CC(=O)NC3CCSc4ccc(F)cc43)cnc21. The molecule has 1 aromatic carbocycles. The number of halogens is 1. The molecule has 0 saturated carbocycles. The molecule has 134 valence electrons. The van der Waals surface area contributed by atoms with Crippen LogP contribution in [0.1, 0.15) is 18.0 Å². The number of rotatable bonds is 3. The number of aryl methyl sites for hydroxylation is 1. The summed E-state index contributed by atoms with van der Waals surface area (Å²) in [5.41, 5.74) is 0.937. The fraction of sp³-hybridized carbons (Fsp3) is 0.294. The quantitative estimate of drug-likeness (QED) is 0.755. The molecular weight excluding hydrogens is 357 g/mol. The smallest absolute Gasteiger partial charge is 0.264 e. The number of thioether (sulfide) groups is 1. The van der Waals surface area contributed by atoms with Gasteiger partial charge in [-0.25, -0.2) is 9.37 Å². The normalized spacial score (nSPS) is 16.5. The summed E-state index contributed by atoms with van der Waals surface area (Å²) in [6.07, 6.45) is 3.49. The highest BCUT2D eigenvalue weighted by atomic mass is 32.2. The topological polar surface area (TPSA) is 81.8 Å². The van der Waals surface area contributed by atoms with Crippen molar-refractivity contribution in [1.29, 1.82) is 0 Å². The minimum atomic E-state index is -0.326. The van der Waals surface area contributed by atoms with Crippen LogP contribution >= 0.6 is 11.8 Å². The minimum absolute atomic E-state index is 0.148. The Bertz CT molecular complexity index is 1060. The van der Waals surface area contributed by atoms with E-state index in [1.807, 2.05) is 0 Å². The summed E-state index contributed by atoms with van der Waals surface area (Å²) in [6.45, 7) is -0.148. The lowest BCUT2D eigenvalue weighted by Gasteiger charge is -2.26. The summed E-state index contributed by atoms with van der Waals surface area (Å²) < 4.78 is 16.3. The van der Waals surface area contributed by atoms with Crippen LogP contribution in [0.15, 0.2) is 40.4 Å². The lowest BCUT2D eigenvalue weighted by molar-refractivity contribution is -0.122. The zero-order chi connectivity index (χ0) is 18.3. The molecule has 26 heavy (non-hydrogen) atoms. The maximum Gasteiger partial charge on any atom is 0.264 e. The molecule has 1 aliphatic heterocycles. The van der Waals surface area contributed by atoms with Crippen molar-refractivity contribution < 1.29 is 9.18 Å². The first-order valence-electron chi connectivity index (χ1n) is 8.11. The van der Waals surface area contributed by atoms with E-state index in [1.165, 1.54) is 33.9 Å². The monoisotopic (exact) mass is 373 g/mol. The van der Waals surface area contributed by atoms with Gasteiger partial charge in [0.1, 0.15) is 24.1 Å². The molecule has 3 aromatic rings. The van der Waals surface area contributed by atoms with Gasteiger partial charge in [0.25, 0.3) is 5.56 Å². The van der Waals surface area contributed by atoms with Gasteiger partial charge < -0.3 is 5.32 Å². The van der Waals surface area contributed by atoms with Crippen molar-refractivity contribution in [3.05, 3.63) is 52.5 Å². The number of fused-ring (bicyclic) bond motifs is 2. The standard InChI is InChI=1S/C17H16FN5O2S/c1-22-16-12(7-20-22)17(25)23(9-19-16)8-15(24)21-13-4-5-26-14-3-2-10(18)6-11(13)14/h2-3,6-7,9,13H,4-5,8H2,1H3,(H,21,24). The third-order valence-electron chi connectivity index (χ3n) is 4.38. The van der Waals surface area contributed by atoms with Crippen molar-refractivity contribution in [2.75, 3.05) is 5.75 Å². The fourth-order valence-electron chi connectivity index (χ4n) is 3.09. The van der Waals surface area contributed by atoms with E-state index in [0.29, 0.717) is 17.5 Å². The number of hydrogen-bond donors (Lipinski definition) is 1. The molecule has 0 aliphatic carbocycles. The molecule has 3 heterocycles. The van der Waals surface area contributed by atoms with E-state index >= 15 is 0 Å². The van der Waals surface area contributed by atoms with Crippen molar-refractivity contribution in [2.24, 2.45) is 7.05 Å². The van der Waals surface area contributed by atoms with Gasteiger partial charge in [-0.2, -0.15) is 5.10 Å². The number of carbonyl (C=O) groups is 1. The highest BCUT2D eigenvalue weighted by molar-refractivity contribution is 7.99. The van der Waals surface area contributed by atoms with Crippen molar-refractivity contribution in [3.63, 3.8) is 0 Å². The Morgan fingerprint density at radius 3 is 3.15 bits per heavy atom. The summed E-state index contributed by atoms with van der Waals surface area (Å²) >= 11 is 1.65. The minimum Gasteiger partial charge on any atom is -0.348 e. The average Bonchev–Trinajstić information content (AvgIpc) is 3.00. The van der Waals surface area contributed by atoms with Gasteiger partial charge in [0.05, 0.1) is 12.2 Å². The Labute approximate surface area is 152 Å². The third-order valence-corrected chi connectivity index (χ3v) is 5.50. The van der Waals surface area contributed by atoms with Crippen LogP contribution in [-0.4, -0.2) is 31.0 Å². The largest absolute Gasteiger partial charge is 0.348 e. The molecule has 1 aliphatic rings. The number of hydrogen-bond acceptors (Lipinski definition) is 5. The Hall–Kier alpha value is -2.68. The predicted molar refractivity (Wildman–Crippen MR) is 95.4 cm³/mol. The van der Waals surface area contributed by atoms with Crippen LogP contribution in [0.3, 0.4) is 0 Å². The molecule has 0 radical (unpaired) electrons. The molecule has 0 fully saturated rings. The molecule has 1 N–H and O–H groups in total. The van der Waals surface area contributed by atoms with Gasteiger partial charge in [-0.1, -0.05) is 0 Å². The number of benzene rings is 1. The Balaban J connectivity index is 1.55. The van der Waals surface area contributed by atoms with E-state index in [1.54, 1.807) is 24.9 Å². The maximum atomic E-state index is 13.6. The van der Waals surface area contributed by atoms with Crippen LogP contribution in [0.5, 0.6) is 0 Å². The molecule has 0 bridgehead atoms. The average molecular weight is 373 g/mol. The van der Waals surface area contributed by atoms with E-state index in [9.17, 15) is 14.0 Å². The number of nitrogens with one attached hydrogen (secondary N) is 1. The zero-order valence-corrected chi connectivity index (χ0v) is 14.8. The molecule has 2 aromatic heterocycles. The molecule has 9 heteroatoms. The van der Waals surface area contributed by atoms with Crippen LogP contribution in [0.2, 0.25) is 0 Å². The van der Waals surface area contributed by atoms with E-state index in [2.05, 4.69) is 15.4 Å². The molecule has 1 unspecified atom stereocenters. The number of aromatic nitrogens is 4. The molecule has 4 rings (SSSR count). The summed E-state index contributed by atoms with van der Waals surface area (Å²) in [5.74, 6) is 0.199. The number of amides is 1. The Morgan fingerprint density at radius 1 is 1.46 bits per heavy atom. The molecule has 1 atom stereocenters. The Morgan fingerprint density at radius 2 is 2.31 bits per heavy atom. The molecule has 7 nitrogen and oxygen atoms in total. The van der Waals surface area contributed by atoms with E-state index in [4.69, 9.17) is 0 Å². The van der Waals surface area contributed by atoms with Gasteiger partial charge in [0, 0.05) is 17.7 Å². The van der Waals surface area contributed by atoms with Gasteiger partial charge in [-0.15, -0.1) is 11.8 Å². The highest BCUT2D eigenvalue weighted by Crippen LogP contribution is 2.36. The summed E-state index contributed by atoms with van der Waals surface area (Å²) in [6, 6.07) is 4.35. The first-order chi connectivity index (χ1) is 12.5. The van der Waals surface area contributed by atoms with Crippen molar-refractivity contribution in [3.8, 4) is 0 Å². The molecule has 0 saturated heterocycles.